The van der Waals surface area contributed by atoms with E-state index in [1.165, 1.54) is 44.6 Å². The summed E-state index contributed by atoms with van der Waals surface area (Å²) in [5, 5.41) is 26.9. The van der Waals surface area contributed by atoms with Crippen LogP contribution < -0.4 is 30.2 Å². The first-order valence-electron chi connectivity index (χ1n) is 21.3. The van der Waals surface area contributed by atoms with Crippen LogP contribution in [0.1, 0.15) is 92.1 Å². The summed E-state index contributed by atoms with van der Waals surface area (Å²) in [6.45, 7) is 6.41. The van der Waals surface area contributed by atoms with Gasteiger partial charge in [0.15, 0.2) is 23.9 Å². The number of ether oxygens (including phenoxy) is 3. The molecule has 0 bridgehead atoms. The molecule has 3 aliphatic rings. The number of rotatable bonds is 16. The maximum absolute atomic E-state index is 13.4. The topological polar surface area (TPSA) is 237 Å². The SMILES string of the molecule is COc1cc(/N=N/c2ccc3c(c2)C(=O)N(C2CCC(=O)NC2=O)C3=O)cc(OC)c1OCC(=O)NCCCCNC(=O)C[C@@H]1N=C(c2ccc(Cl)cc2)c2c(sc(C)c2C)-n2c(C)nnc21. The molecule has 0 aliphatic carbocycles. The number of carbonyl (C=O) groups is 6. The first-order chi connectivity index (χ1) is 32.3. The zero-order valence-corrected chi connectivity index (χ0v) is 38.7. The van der Waals surface area contributed by atoms with Gasteiger partial charge in [0.1, 0.15) is 22.9 Å². The molecule has 2 atom stereocenters. The van der Waals surface area contributed by atoms with Crippen LogP contribution in [-0.4, -0.2) is 101 Å². The lowest BCUT2D eigenvalue weighted by Crippen LogP contribution is -2.54. The van der Waals surface area contributed by atoms with Gasteiger partial charge in [0.05, 0.1) is 48.9 Å². The average Bonchev–Trinajstić information content (AvgIpc) is 3.89. The van der Waals surface area contributed by atoms with Crippen molar-refractivity contribution < 1.29 is 43.0 Å². The number of azo groups is 1. The lowest BCUT2D eigenvalue weighted by Gasteiger charge is -2.27. The molecule has 2 aromatic heterocycles. The van der Waals surface area contributed by atoms with E-state index < -0.39 is 41.6 Å². The Morgan fingerprint density at radius 3 is 2.22 bits per heavy atom. The van der Waals surface area contributed by atoms with Crippen molar-refractivity contribution in [3.63, 3.8) is 0 Å². The summed E-state index contributed by atoms with van der Waals surface area (Å²) < 4.78 is 18.9. The number of benzene rings is 3. The fourth-order valence-corrected chi connectivity index (χ4v) is 9.32. The zero-order valence-electron chi connectivity index (χ0n) is 37.1. The van der Waals surface area contributed by atoms with Gasteiger partial charge in [-0.2, -0.15) is 10.2 Å². The van der Waals surface area contributed by atoms with Crippen molar-refractivity contribution in [2.75, 3.05) is 33.9 Å². The Labute approximate surface area is 393 Å². The summed E-state index contributed by atoms with van der Waals surface area (Å²) in [6.07, 6.45) is 1.29. The molecule has 19 nitrogen and oxygen atoms in total. The molecule has 0 spiro atoms. The molecule has 3 N–H and O–H groups in total. The van der Waals surface area contributed by atoms with Crippen LogP contribution in [0, 0.1) is 20.8 Å². The number of fused-ring (bicyclic) bond motifs is 4. The van der Waals surface area contributed by atoms with E-state index in [1.54, 1.807) is 11.3 Å². The van der Waals surface area contributed by atoms with Crippen LogP contribution in [0.5, 0.6) is 17.2 Å². The molecule has 5 aromatic rings. The highest BCUT2D eigenvalue weighted by molar-refractivity contribution is 7.15. The number of carbonyl (C=O) groups excluding carboxylic acids is 6. The molecule has 6 amide bonds. The molecule has 3 aromatic carbocycles. The van der Waals surface area contributed by atoms with Crippen LogP contribution in [0.3, 0.4) is 0 Å². The fraction of sp³-hybridized carbons (Fsp3) is 0.326. The van der Waals surface area contributed by atoms with Crippen molar-refractivity contribution >= 4 is 75.5 Å². The van der Waals surface area contributed by atoms with E-state index in [1.807, 2.05) is 35.8 Å². The van der Waals surface area contributed by atoms with E-state index in [9.17, 15) is 28.8 Å². The minimum Gasteiger partial charge on any atom is -0.493 e. The van der Waals surface area contributed by atoms with Crippen molar-refractivity contribution in [2.45, 2.75) is 65.0 Å². The van der Waals surface area contributed by atoms with Gasteiger partial charge < -0.3 is 24.8 Å². The highest BCUT2D eigenvalue weighted by Gasteiger charge is 2.44. The maximum atomic E-state index is 13.4. The van der Waals surface area contributed by atoms with Gasteiger partial charge in [0.25, 0.3) is 17.7 Å². The van der Waals surface area contributed by atoms with Gasteiger partial charge in [-0.1, -0.05) is 23.7 Å². The van der Waals surface area contributed by atoms with Crippen LogP contribution in [0.2, 0.25) is 5.02 Å². The Morgan fingerprint density at radius 2 is 1.54 bits per heavy atom. The van der Waals surface area contributed by atoms with Crippen molar-refractivity contribution in [1.82, 2.24) is 35.6 Å². The van der Waals surface area contributed by atoms with Gasteiger partial charge in [-0.3, -0.25) is 48.5 Å². The normalized spacial score (nSPS) is 16.5. The highest BCUT2D eigenvalue weighted by atomic mass is 35.5. The number of aliphatic imine (C=N–C) groups is 1. The first kappa shape index (κ1) is 46.2. The molecule has 5 heterocycles. The molecule has 21 heteroatoms. The number of hydrogen-bond donors (Lipinski definition) is 3. The second-order valence-corrected chi connectivity index (χ2v) is 17.5. The number of halogens is 1. The average molecular weight is 949 g/mol. The summed E-state index contributed by atoms with van der Waals surface area (Å²) in [6, 6.07) is 13.2. The van der Waals surface area contributed by atoms with Crippen LogP contribution in [0.15, 0.2) is 69.8 Å². The van der Waals surface area contributed by atoms with Crippen LogP contribution in [-0.2, 0) is 19.2 Å². The lowest BCUT2D eigenvalue weighted by atomic mass is 9.99. The molecule has 346 valence electrons. The van der Waals surface area contributed by atoms with E-state index in [2.05, 4.69) is 50.2 Å². The Balaban J connectivity index is 0.822. The number of unbranched alkanes of at least 4 members (excludes halogenated alkanes) is 1. The molecule has 1 unspecified atom stereocenters. The third-order valence-corrected chi connectivity index (χ3v) is 12.9. The van der Waals surface area contributed by atoms with Gasteiger partial charge >= 0.3 is 0 Å². The van der Waals surface area contributed by atoms with E-state index >= 15 is 0 Å². The van der Waals surface area contributed by atoms with Crippen molar-refractivity contribution in [3.05, 3.63) is 104 Å². The summed E-state index contributed by atoms with van der Waals surface area (Å²) >= 11 is 7.87. The summed E-state index contributed by atoms with van der Waals surface area (Å²) in [7, 11) is 2.82. The molecule has 0 radical (unpaired) electrons. The third-order valence-electron chi connectivity index (χ3n) is 11.5. The Morgan fingerprint density at radius 1 is 0.866 bits per heavy atom. The van der Waals surface area contributed by atoms with Gasteiger partial charge in [-0.05, 0) is 75.9 Å². The molecule has 0 saturated carbocycles. The maximum Gasteiger partial charge on any atom is 0.262 e. The molecule has 8 rings (SSSR count). The number of nitrogens with zero attached hydrogens (tertiary/aromatic N) is 7. The number of hydrogen-bond acceptors (Lipinski definition) is 15. The number of thiophene rings is 1. The van der Waals surface area contributed by atoms with Crippen LogP contribution in [0.25, 0.3) is 5.00 Å². The number of imide groups is 2. The van der Waals surface area contributed by atoms with E-state index in [0.717, 1.165) is 37.2 Å². The minimum atomic E-state index is -1.09. The highest BCUT2D eigenvalue weighted by Crippen LogP contribution is 2.42. The molecular formula is C46H45ClN10O9S. The number of nitrogens with one attached hydrogen (secondary N) is 3. The second kappa shape index (κ2) is 19.6. The fourth-order valence-electron chi connectivity index (χ4n) is 7.98. The number of amides is 6. The van der Waals surface area contributed by atoms with Crippen molar-refractivity contribution in [1.29, 1.82) is 0 Å². The van der Waals surface area contributed by atoms with Gasteiger partial charge in [0.2, 0.25) is 23.5 Å². The standard InChI is InChI=1S/C46H45ClN10O9S/c1-23-24(2)67-46-39(23)40(26-8-10-27(47)11-9-26)50-32(42-55-52-25(3)56(42)46)21-37(59)48-16-6-7-17-49-38(60)22-66-41-34(64-4)19-29(20-35(41)65-5)54-53-28-12-13-30-31(18-28)45(63)57(44(30)62)33-14-15-36(58)51-43(33)61/h8-13,18-20,32-33H,6-7,14-17,21-22H2,1-5H3,(H,48,59)(H,49,60)(H,51,58,61)/b54-53+/t32-,33?/m0/s1. The predicted octanol–water partition coefficient (Wildman–Crippen LogP) is 6.12. The van der Waals surface area contributed by atoms with Gasteiger partial charge in [0, 0.05) is 52.7 Å². The number of piperidine rings is 1. The number of aromatic nitrogens is 3. The summed E-state index contributed by atoms with van der Waals surface area (Å²) in [4.78, 5) is 83.7. The molecule has 1 fully saturated rings. The first-order valence-corrected chi connectivity index (χ1v) is 22.5. The quantitative estimate of drug-likeness (QED) is 0.0579. The largest absolute Gasteiger partial charge is 0.493 e. The monoisotopic (exact) mass is 948 g/mol. The summed E-state index contributed by atoms with van der Waals surface area (Å²) in [5.41, 5.74) is 4.45. The van der Waals surface area contributed by atoms with Crippen LogP contribution in [0.4, 0.5) is 11.4 Å². The predicted molar refractivity (Wildman–Crippen MR) is 245 cm³/mol. The van der Waals surface area contributed by atoms with Crippen molar-refractivity contribution in [2.24, 2.45) is 15.2 Å². The van der Waals surface area contributed by atoms with Crippen LogP contribution >= 0.6 is 22.9 Å². The van der Waals surface area contributed by atoms with Crippen molar-refractivity contribution in [3.8, 4) is 22.2 Å². The number of aryl methyl sites for hydroxylation is 2. The van der Waals surface area contributed by atoms with E-state index in [4.69, 9.17) is 30.8 Å². The van der Waals surface area contributed by atoms with E-state index in [-0.39, 0.29) is 71.5 Å². The van der Waals surface area contributed by atoms with Gasteiger partial charge in [-0.25, -0.2) is 0 Å². The minimum absolute atomic E-state index is 0.00958. The second-order valence-electron chi connectivity index (χ2n) is 15.9. The number of methoxy groups -OCH3 is 2. The third kappa shape index (κ3) is 9.53. The molecular weight excluding hydrogens is 904 g/mol. The molecule has 1 saturated heterocycles. The van der Waals surface area contributed by atoms with Gasteiger partial charge in [-0.15, -0.1) is 21.5 Å². The smallest absolute Gasteiger partial charge is 0.262 e. The Bertz CT molecular complexity index is 2870. The molecule has 3 aliphatic heterocycles. The van der Waals surface area contributed by atoms with E-state index in [0.29, 0.717) is 42.6 Å². The zero-order chi connectivity index (χ0) is 47.5. The summed E-state index contributed by atoms with van der Waals surface area (Å²) in [5.74, 6) is -1.18. The Hall–Kier alpha value is -7.32. The Kier molecular flexibility index (Phi) is 13.6. The lowest BCUT2D eigenvalue weighted by molar-refractivity contribution is -0.136. The molecule has 67 heavy (non-hydrogen) atoms.